The fourth-order valence-corrected chi connectivity index (χ4v) is 3.76. The molecule has 0 radical (unpaired) electrons. The minimum absolute atomic E-state index is 0.331. The molecule has 1 heterocycles. The van der Waals surface area contributed by atoms with Crippen LogP contribution in [0.4, 0.5) is 0 Å². The summed E-state index contributed by atoms with van der Waals surface area (Å²) in [6, 6.07) is 17.7. The van der Waals surface area contributed by atoms with Gasteiger partial charge in [-0.2, -0.15) is 0 Å². The van der Waals surface area contributed by atoms with E-state index in [1.54, 1.807) is 7.11 Å². The van der Waals surface area contributed by atoms with E-state index in [0.717, 1.165) is 11.5 Å². The highest BCUT2D eigenvalue weighted by molar-refractivity contribution is 7.99. The molecule has 0 saturated heterocycles. The van der Waals surface area contributed by atoms with E-state index in [-0.39, 0.29) is 0 Å². The first-order chi connectivity index (χ1) is 9.78. The van der Waals surface area contributed by atoms with Crippen molar-refractivity contribution < 1.29 is 4.74 Å². The molecule has 2 aromatic carbocycles. The van der Waals surface area contributed by atoms with E-state index >= 15 is 0 Å². The van der Waals surface area contributed by atoms with Gasteiger partial charge in [0.05, 0.1) is 7.11 Å². The lowest BCUT2D eigenvalue weighted by atomic mass is 10.0. The quantitative estimate of drug-likeness (QED) is 0.910. The maximum Gasteiger partial charge on any atom is 0.118 e. The van der Waals surface area contributed by atoms with Gasteiger partial charge in [-0.3, -0.25) is 0 Å². The predicted molar refractivity (Wildman–Crippen MR) is 84.5 cm³/mol. The Morgan fingerprint density at radius 1 is 1.15 bits per heavy atom. The van der Waals surface area contributed by atoms with E-state index in [0.29, 0.717) is 12.1 Å². The molecule has 104 valence electrons. The molecule has 2 nitrogen and oxygen atoms in total. The second-order valence-electron chi connectivity index (χ2n) is 5.06. The topological polar surface area (TPSA) is 21.3 Å². The molecule has 1 unspecified atom stereocenters. The summed E-state index contributed by atoms with van der Waals surface area (Å²) in [7, 11) is 1.70. The Kier molecular flexibility index (Phi) is 3.99. The molecule has 0 amide bonds. The zero-order valence-corrected chi connectivity index (χ0v) is 12.6. The Morgan fingerprint density at radius 2 is 1.90 bits per heavy atom. The fraction of sp³-hybridized carbons (Fsp3) is 0.294. The average molecular weight is 285 g/mol. The number of methoxy groups -OCH3 is 1. The summed E-state index contributed by atoms with van der Waals surface area (Å²) in [4.78, 5) is 1.41. The van der Waals surface area contributed by atoms with E-state index in [4.69, 9.17) is 4.74 Å². The van der Waals surface area contributed by atoms with Gasteiger partial charge in [-0.25, -0.2) is 0 Å². The Morgan fingerprint density at radius 3 is 2.65 bits per heavy atom. The van der Waals surface area contributed by atoms with Crippen LogP contribution in [0.1, 0.15) is 30.1 Å². The number of ether oxygens (including phenoxy) is 1. The van der Waals surface area contributed by atoms with Crippen LogP contribution in [0.15, 0.2) is 53.4 Å². The molecule has 2 aromatic rings. The highest BCUT2D eigenvalue weighted by Gasteiger charge is 2.23. The Hall–Kier alpha value is -1.45. The first-order valence-corrected chi connectivity index (χ1v) is 7.88. The molecule has 2 atom stereocenters. The molecule has 3 rings (SSSR count). The molecule has 0 aromatic heterocycles. The second kappa shape index (κ2) is 5.90. The molecule has 1 N–H and O–H groups in total. The van der Waals surface area contributed by atoms with Gasteiger partial charge in [-0.05, 0) is 36.2 Å². The number of nitrogens with one attached hydrogen (secondary N) is 1. The predicted octanol–water partition coefficient (Wildman–Crippen LogP) is 4.19. The van der Waals surface area contributed by atoms with E-state index in [1.807, 2.05) is 23.9 Å². The Labute approximate surface area is 124 Å². The lowest BCUT2D eigenvalue weighted by molar-refractivity contribution is 0.414. The minimum atomic E-state index is 0.331. The Bertz CT molecular complexity index is 582. The first-order valence-electron chi connectivity index (χ1n) is 6.89. The molecule has 1 aliphatic rings. The standard InChI is InChI=1S/C17H19NOS/c1-12(13-7-9-14(19-2)10-8-13)18-16-11-20-17-6-4-3-5-15(16)17/h3-10,12,16,18H,11H2,1-2H3/t12-,16?/m1/s1. The van der Waals surface area contributed by atoms with Gasteiger partial charge >= 0.3 is 0 Å². The molecule has 0 spiro atoms. The van der Waals surface area contributed by atoms with Crippen LogP contribution < -0.4 is 10.1 Å². The van der Waals surface area contributed by atoms with Crippen molar-refractivity contribution in [1.82, 2.24) is 5.32 Å². The summed E-state index contributed by atoms with van der Waals surface area (Å²) in [5.74, 6) is 2.02. The largest absolute Gasteiger partial charge is 0.497 e. The lowest BCUT2D eigenvalue weighted by Crippen LogP contribution is -2.24. The fourth-order valence-electron chi connectivity index (χ4n) is 2.59. The molecule has 3 heteroatoms. The number of rotatable bonds is 4. The molecule has 0 saturated carbocycles. The maximum atomic E-state index is 5.21. The van der Waals surface area contributed by atoms with Crippen LogP contribution in [-0.2, 0) is 0 Å². The van der Waals surface area contributed by atoms with Crippen LogP contribution in [0.2, 0.25) is 0 Å². The number of benzene rings is 2. The smallest absolute Gasteiger partial charge is 0.118 e. The zero-order chi connectivity index (χ0) is 13.9. The van der Waals surface area contributed by atoms with E-state index in [1.165, 1.54) is 16.0 Å². The molecule has 0 fully saturated rings. The van der Waals surface area contributed by atoms with Crippen molar-refractivity contribution >= 4 is 11.8 Å². The normalized spacial score (nSPS) is 18.6. The molecular formula is C17H19NOS. The van der Waals surface area contributed by atoms with E-state index in [9.17, 15) is 0 Å². The van der Waals surface area contributed by atoms with Crippen molar-refractivity contribution in [3.63, 3.8) is 0 Å². The van der Waals surface area contributed by atoms with Gasteiger partial charge in [0, 0.05) is 22.7 Å². The van der Waals surface area contributed by atoms with Crippen LogP contribution in [-0.4, -0.2) is 12.9 Å². The van der Waals surface area contributed by atoms with E-state index in [2.05, 4.69) is 48.6 Å². The number of hydrogen-bond acceptors (Lipinski definition) is 3. The van der Waals surface area contributed by atoms with Crippen molar-refractivity contribution in [2.45, 2.75) is 23.9 Å². The lowest BCUT2D eigenvalue weighted by Gasteiger charge is -2.20. The molecule has 0 aliphatic carbocycles. The molecule has 0 bridgehead atoms. The molecule has 20 heavy (non-hydrogen) atoms. The number of hydrogen-bond donors (Lipinski definition) is 1. The van der Waals surface area contributed by atoms with Crippen LogP contribution in [0.25, 0.3) is 0 Å². The van der Waals surface area contributed by atoms with Crippen molar-refractivity contribution in [3.05, 3.63) is 59.7 Å². The van der Waals surface area contributed by atoms with Crippen molar-refractivity contribution in [1.29, 1.82) is 0 Å². The van der Waals surface area contributed by atoms with Crippen molar-refractivity contribution in [3.8, 4) is 5.75 Å². The summed E-state index contributed by atoms with van der Waals surface area (Å²) in [6.45, 7) is 2.22. The summed E-state index contributed by atoms with van der Waals surface area (Å²) in [6.07, 6.45) is 0. The summed E-state index contributed by atoms with van der Waals surface area (Å²) in [5.41, 5.74) is 2.72. The zero-order valence-electron chi connectivity index (χ0n) is 11.8. The number of fused-ring (bicyclic) bond motifs is 1. The van der Waals surface area contributed by atoms with Crippen molar-refractivity contribution in [2.75, 3.05) is 12.9 Å². The molecule has 1 aliphatic heterocycles. The highest BCUT2D eigenvalue weighted by Crippen LogP contribution is 2.38. The van der Waals surface area contributed by atoms with E-state index < -0.39 is 0 Å². The summed E-state index contributed by atoms with van der Waals surface area (Å²) >= 11 is 1.94. The van der Waals surface area contributed by atoms with Crippen LogP contribution >= 0.6 is 11.8 Å². The first kappa shape index (κ1) is 13.5. The third-order valence-electron chi connectivity index (χ3n) is 3.77. The third kappa shape index (κ3) is 2.69. The SMILES string of the molecule is COc1ccc([C@@H](C)NC2CSc3ccccc32)cc1. The van der Waals surface area contributed by atoms with Gasteiger partial charge in [0.15, 0.2) is 0 Å². The van der Waals surface area contributed by atoms with Crippen LogP contribution in [0, 0.1) is 0 Å². The van der Waals surface area contributed by atoms with Gasteiger partial charge in [0.25, 0.3) is 0 Å². The van der Waals surface area contributed by atoms with Gasteiger partial charge in [-0.1, -0.05) is 30.3 Å². The Balaban J connectivity index is 1.71. The second-order valence-corrected chi connectivity index (χ2v) is 6.12. The number of thioether (sulfide) groups is 1. The average Bonchev–Trinajstić information content (AvgIpc) is 2.91. The summed E-state index contributed by atoms with van der Waals surface area (Å²) < 4.78 is 5.21. The van der Waals surface area contributed by atoms with Gasteiger partial charge in [-0.15, -0.1) is 11.8 Å². The van der Waals surface area contributed by atoms with Gasteiger partial charge in [0.2, 0.25) is 0 Å². The van der Waals surface area contributed by atoms with Crippen LogP contribution in [0.3, 0.4) is 0 Å². The highest BCUT2D eigenvalue weighted by atomic mass is 32.2. The third-order valence-corrected chi connectivity index (χ3v) is 4.95. The minimum Gasteiger partial charge on any atom is -0.497 e. The van der Waals surface area contributed by atoms with Crippen molar-refractivity contribution in [2.24, 2.45) is 0 Å². The summed E-state index contributed by atoms with van der Waals surface area (Å²) in [5, 5.41) is 3.73. The van der Waals surface area contributed by atoms with Gasteiger partial charge < -0.3 is 10.1 Å². The maximum absolute atomic E-state index is 5.21. The molecular weight excluding hydrogens is 266 g/mol. The van der Waals surface area contributed by atoms with Gasteiger partial charge in [0.1, 0.15) is 5.75 Å². The van der Waals surface area contributed by atoms with Crippen LogP contribution in [0.5, 0.6) is 5.75 Å². The monoisotopic (exact) mass is 285 g/mol.